The molecule has 1 N–H and O–H groups in total. The maximum atomic E-state index is 6.03. The normalized spacial score (nSPS) is 12.4. The predicted molar refractivity (Wildman–Crippen MR) is 80.0 cm³/mol. The summed E-state index contributed by atoms with van der Waals surface area (Å²) < 4.78 is 5.35. The Bertz CT molecular complexity index is 516. The molecule has 1 atom stereocenters. The number of nitrogens with zero attached hydrogens (tertiary/aromatic N) is 1. The molecule has 19 heavy (non-hydrogen) atoms. The minimum Gasteiger partial charge on any atom is -0.496 e. The zero-order valence-electron chi connectivity index (χ0n) is 11.0. The van der Waals surface area contributed by atoms with Crippen molar-refractivity contribution in [3.8, 4) is 5.75 Å². The van der Waals surface area contributed by atoms with E-state index in [9.17, 15) is 0 Å². The van der Waals surface area contributed by atoms with Gasteiger partial charge in [0.25, 0.3) is 0 Å². The second-order valence-electron chi connectivity index (χ2n) is 4.17. The van der Waals surface area contributed by atoms with Crippen LogP contribution in [0, 0.1) is 0 Å². The monoisotopic (exact) mass is 296 g/mol. The fourth-order valence-corrected chi connectivity index (χ4v) is 2.92. The van der Waals surface area contributed by atoms with Gasteiger partial charge in [0.05, 0.1) is 13.2 Å². The van der Waals surface area contributed by atoms with Gasteiger partial charge >= 0.3 is 0 Å². The Kier molecular flexibility index (Phi) is 5.19. The van der Waals surface area contributed by atoms with E-state index in [0.717, 1.165) is 27.8 Å². The van der Waals surface area contributed by atoms with Gasteiger partial charge in [0, 0.05) is 28.7 Å². The van der Waals surface area contributed by atoms with Crippen molar-refractivity contribution in [2.75, 3.05) is 7.11 Å². The van der Waals surface area contributed by atoms with Crippen molar-refractivity contribution in [2.24, 2.45) is 0 Å². The summed E-state index contributed by atoms with van der Waals surface area (Å²) in [6.45, 7) is 2.86. The molecule has 0 saturated heterocycles. The number of methoxy groups -OCH3 is 1. The molecule has 1 aromatic heterocycles. The Hall–Kier alpha value is -1.10. The van der Waals surface area contributed by atoms with Crippen LogP contribution in [0.3, 0.4) is 0 Å². The summed E-state index contributed by atoms with van der Waals surface area (Å²) in [5.41, 5.74) is 1.06. The van der Waals surface area contributed by atoms with Gasteiger partial charge in [-0.05, 0) is 24.6 Å². The lowest BCUT2D eigenvalue weighted by atomic mass is 10.1. The van der Waals surface area contributed by atoms with Crippen molar-refractivity contribution >= 4 is 22.9 Å². The van der Waals surface area contributed by atoms with E-state index < -0.39 is 0 Å². The quantitative estimate of drug-likeness (QED) is 0.873. The fraction of sp³-hybridized carbons (Fsp3) is 0.357. The molecule has 1 aromatic carbocycles. The van der Waals surface area contributed by atoms with E-state index in [0.29, 0.717) is 6.54 Å². The molecular weight excluding hydrogens is 280 g/mol. The van der Waals surface area contributed by atoms with E-state index in [2.05, 4.69) is 17.2 Å². The molecule has 0 aliphatic heterocycles. The maximum absolute atomic E-state index is 6.03. The number of hydrogen-bond acceptors (Lipinski definition) is 4. The summed E-state index contributed by atoms with van der Waals surface area (Å²) in [5, 5.41) is 7.34. The molecule has 2 aromatic rings. The largest absolute Gasteiger partial charge is 0.496 e. The summed E-state index contributed by atoms with van der Waals surface area (Å²) in [5.74, 6) is 0.853. The summed E-state index contributed by atoms with van der Waals surface area (Å²) in [7, 11) is 1.67. The van der Waals surface area contributed by atoms with Crippen LogP contribution in [0.2, 0.25) is 5.02 Å². The average Bonchev–Trinajstić information content (AvgIpc) is 2.94. The van der Waals surface area contributed by atoms with Gasteiger partial charge in [-0.2, -0.15) is 0 Å². The third kappa shape index (κ3) is 3.69. The number of benzene rings is 1. The molecule has 0 saturated carbocycles. The van der Waals surface area contributed by atoms with E-state index in [-0.39, 0.29) is 6.04 Å². The highest BCUT2D eigenvalue weighted by molar-refractivity contribution is 7.09. The Morgan fingerprint density at radius 3 is 2.95 bits per heavy atom. The Labute approximate surface area is 122 Å². The van der Waals surface area contributed by atoms with Gasteiger partial charge in [0.1, 0.15) is 10.8 Å². The molecule has 0 fully saturated rings. The summed E-state index contributed by atoms with van der Waals surface area (Å²) in [6.07, 6.45) is 2.83. The van der Waals surface area contributed by atoms with Crippen LogP contribution >= 0.6 is 22.9 Å². The van der Waals surface area contributed by atoms with Crippen LogP contribution in [0.4, 0.5) is 0 Å². The smallest absolute Gasteiger partial charge is 0.123 e. The second kappa shape index (κ2) is 6.89. The number of thiazole rings is 1. The molecular formula is C14H17ClN2OS. The second-order valence-corrected chi connectivity index (χ2v) is 5.53. The van der Waals surface area contributed by atoms with Crippen molar-refractivity contribution in [1.82, 2.24) is 10.3 Å². The molecule has 0 spiro atoms. The van der Waals surface area contributed by atoms with Crippen molar-refractivity contribution in [1.29, 1.82) is 0 Å². The standard InChI is InChI=1S/C14H17ClN2OS/c1-3-12(14-16-6-7-19-14)17-9-10-8-11(15)4-5-13(10)18-2/h4-8,12,17H,3,9H2,1-2H3. The van der Waals surface area contributed by atoms with Gasteiger partial charge in [-0.1, -0.05) is 18.5 Å². The molecule has 1 unspecified atom stereocenters. The van der Waals surface area contributed by atoms with E-state index in [1.165, 1.54) is 0 Å². The van der Waals surface area contributed by atoms with Crippen LogP contribution in [0.1, 0.15) is 30.0 Å². The number of nitrogens with one attached hydrogen (secondary N) is 1. The summed E-state index contributed by atoms with van der Waals surface area (Å²) in [4.78, 5) is 4.36. The molecule has 5 heteroatoms. The lowest BCUT2D eigenvalue weighted by molar-refractivity contribution is 0.404. The Balaban J connectivity index is 2.07. The minimum absolute atomic E-state index is 0.267. The van der Waals surface area contributed by atoms with Gasteiger partial charge in [0.2, 0.25) is 0 Å². The number of halogens is 1. The first-order chi connectivity index (χ1) is 9.24. The van der Waals surface area contributed by atoms with Crippen molar-refractivity contribution in [2.45, 2.75) is 25.9 Å². The molecule has 1 heterocycles. The number of ether oxygens (including phenoxy) is 1. The van der Waals surface area contributed by atoms with Crippen LogP contribution in [-0.4, -0.2) is 12.1 Å². The SMILES string of the molecule is CCC(NCc1cc(Cl)ccc1OC)c1nccs1. The summed E-state index contributed by atoms with van der Waals surface area (Å²) in [6, 6.07) is 5.93. The first-order valence-electron chi connectivity index (χ1n) is 6.19. The number of hydrogen-bond donors (Lipinski definition) is 1. The summed E-state index contributed by atoms with van der Waals surface area (Å²) >= 11 is 7.70. The van der Waals surface area contributed by atoms with E-state index >= 15 is 0 Å². The lowest BCUT2D eigenvalue weighted by Gasteiger charge is -2.16. The molecule has 102 valence electrons. The van der Waals surface area contributed by atoms with Crippen LogP contribution in [0.5, 0.6) is 5.75 Å². The Morgan fingerprint density at radius 1 is 1.47 bits per heavy atom. The highest BCUT2D eigenvalue weighted by Crippen LogP contribution is 2.24. The highest BCUT2D eigenvalue weighted by Gasteiger charge is 2.12. The minimum atomic E-state index is 0.267. The predicted octanol–water partition coefficient (Wildman–Crippen LogP) is 4.05. The highest BCUT2D eigenvalue weighted by atomic mass is 35.5. The van der Waals surface area contributed by atoms with E-state index in [1.54, 1.807) is 18.4 Å². The topological polar surface area (TPSA) is 34.1 Å². The van der Waals surface area contributed by atoms with Crippen LogP contribution < -0.4 is 10.1 Å². The Morgan fingerprint density at radius 2 is 2.32 bits per heavy atom. The van der Waals surface area contributed by atoms with Crippen molar-refractivity contribution < 1.29 is 4.74 Å². The van der Waals surface area contributed by atoms with Gasteiger partial charge in [-0.3, -0.25) is 0 Å². The first-order valence-corrected chi connectivity index (χ1v) is 7.45. The molecule has 3 nitrogen and oxygen atoms in total. The van der Waals surface area contributed by atoms with E-state index in [1.807, 2.05) is 29.8 Å². The number of rotatable bonds is 6. The fourth-order valence-electron chi connectivity index (χ4n) is 1.93. The molecule has 0 amide bonds. The molecule has 0 aliphatic carbocycles. The third-order valence-corrected chi connectivity index (χ3v) is 4.06. The molecule has 0 aliphatic rings. The van der Waals surface area contributed by atoms with Gasteiger partial charge < -0.3 is 10.1 Å². The van der Waals surface area contributed by atoms with Crippen LogP contribution in [0.25, 0.3) is 0 Å². The molecule has 0 bridgehead atoms. The molecule has 0 radical (unpaired) electrons. The lowest BCUT2D eigenvalue weighted by Crippen LogP contribution is -2.20. The van der Waals surface area contributed by atoms with Crippen molar-refractivity contribution in [3.63, 3.8) is 0 Å². The van der Waals surface area contributed by atoms with Gasteiger partial charge in [-0.15, -0.1) is 11.3 Å². The number of aromatic nitrogens is 1. The zero-order chi connectivity index (χ0) is 13.7. The van der Waals surface area contributed by atoms with Crippen LogP contribution in [-0.2, 0) is 6.54 Å². The van der Waals surface area contributed by atoms with E-state index in [4.69, 9.17) is 16.3 Å². The van der Waals surface area contributed by atoms with Gasteiger partial charge in [0.15, 0.2) is 0 Å². The maximum Gasteiger partial charge on any atom is 0.123 e. The molecule has 2 rings (SSSR count). The first kappa shape index (κ1) is 14.3. The van der Waals surface area contributed by atoms with Crippen molar-refractivity contribution in [3.05, 3.63) is 45.4 Å². The zero-order valence-corrected chi connectivity index (χ0v) is 12.6. The van der Waals surface area contributed by atoms with Gasteiger partial charge in [-0.25, -0.2) is 4.98 Å². The van der Waals surface area contributed by atoms with Crippen LogP contribution in [0.15, 0.2) is 29.8 Å². The average molecular weight is 297 g/mol. The third-order valence-electron chi connectivity index (χ3n) is 2.94.